The second-order valence-corrected chi connectivity index (χ2v) is 21.5. The summed E-state index contributed by atoms with van der Waals surface area (Å²) < 4.78 is 5.34. The van der Waals surface area contributed by atoms with E-state index in [1.165, 1.54) is 5.56 Å². The van der Waals surface area contributed by atoms with Crippen molar-refractivity contribution in [2.75, 3.05) is 30.3 Å². The summed E-state index contributed by atoms with van der Waals surface area (Å²) in [4.78, 5) is 92.4. The van der Waals surface area contributed by atoms with Crippen LogP contribution in [0, 0.1) is 28.6 Å². The Labute approximate surface area is 415 Å². The lowest BCUT2D eigenvalue weighted by Crippen LogP contribution is -2.60. The van der Waals surface area contributed by atoms with Gasteiger partial charge in [-0.15, -0.1) is 0 Å². The summed E-state index contributed by atoms with van der Waals surface area (Å²) in [6.07, 6.45) is 6.80. The molecule has 17 heteroatoms. The molecule has 0 saturated heterocycles. The van der Waals surface area contributed by atoms with Gasteiger partial charge in [0.25, 0.3) is 0 Å². The van der Waals surface area contributed by atoms with E-state index in [-0.39, 0.29) is 60.4 Å². The molecule has 3 aromatic rings. The number of carbonyl (C=O) groups is 7. The number of hydrogen-bond donors (Lipinski definition) is 9. The first-order valence-corrected chi connectivity index (χ1v) is 25.0. The number of fused-ring (bicyclic) bond motifs is 6. The van der Waals surface area contributed by atoms with E-state index in [1.807, 2.05) is 38.1 Å². The van der Waals surface area contributed by atoms with Crippen molar-refractivity contribution >= 4 is 52.9 Å². The summed E-state index contributed by atoms with van der Waals surface area (Å²) in [5.41, 5.74) is 8.89. The van der Waals surface area contributed by atoms with Crippen LogP contribution in [-0.4, -0.2) is 83.5 Å². The highest BCUT2D eigenvalue weighted by Gasteiger charge is 2.58. The van der Waals surface area contributed by atoms with E-state index >= 15 is 0 Å². The Morgan fingerprint density at radius 3 is 1.83 bits per heavy atom. The van der Waals surface area contributed by atoms with Crippen molar-refractivity contribution in [3.8, 4) is 5.75 Å². The van der Waals surface area contributed by atoms with Crippen LogP contribution in [0.25, 0.3) is 0 Å². The Kier molecular flexibility index (Phi) is 15.7. The Morgan fingerprint density at radius 1 is 0.704 bits per heavy atom. The van der Waals surface area contributed by atoms with Crippen LogP contribution in [0.4, 0.5) is 16.2 Å². The minimum atomic E-state index is -1.34. The largest absolute Gasteiger partial charge is 0.508 e. The predicted octanol–water partition coefficient (Wildman–Crippen LogP) is 5.14. The molecule has 382 valence electrons. The number of aliphatic hydroxyl groups excluding tert-OH is 1. The van der Waals surface area contributed by atoms with E-state index in [1.54, 1.807) is 50.2 Å². The molecule has 7 rings (SSSR count). The first-order valence-electron chi connectivity index (χ1n) is 25.0. The predicted molar refractivity (Wildman–Crippen MR) is 267 cm³/mol. The molecule has 17 nitrogen and oxygen atoms in total. The monoisotopic (exact) mass is 978 g/mol. The number of anilines is 2. The molecule has 0 aromatic heterocycles. The third kappa shape index (κ3) is 10.8. The van der Waals surface area contributed by atoms with Gasteiger partial charge in [0, 0.05) is 11.4 Å². The van der Waals surface area contributed by atoms with Crippen molar-refractivity contribution in [1.82, 2.24) is 21.3 Å². The highest BCUT2D eigenvalue weighted by molar-refractivity contribution is 6.01. The molecular weight excluding hydrogens is 907 g/mol. The lowest BCUT2D eigenvalue weighted by atomic mass is 9.49. The Morgan fingerprint density at radius 2 is 1.27 bits per heavy atom. The number of hydrogen-bond acceptors (Lipinski definition) is 11. The van der Waals surface area contributed by atoms with Crippen LogP contribution < -0.4 is 37.6 Å². The maximum Gasteiger partial charge on any atom is 0.408 e. The zero-order valence-electron chi connectivity index (χ0n) is 41.8. The minimum absolute atomic E-state index is 0.00524. The van der Waals surface area contributed by atoms with Crippen LogP contribution in [-0.2, 0) is 63.8 Å². The standard InChI is InChI=1S/C54H71N7O10/c1-31(2)45(60-43(64)27-55)47(67)56-28-44(65)57-35-15-9-32(10-16-35)30-71-50(70)59-40(29-62)46(66)58-36-17-11-33-13-19-41-51(3,38(33)25-36)21-7-23-53(41,5)48(68)61-49(69)54(6)24-8-22-52(4)39-26-37(63)18-12-34(39)14-20-42(52)54/h9-12,15-18,25-26,31,40-42,45,62-63H,7-8,13-14,19-24,27-30,55H2,1-6H3,(H,56,67)(H,57,65)(H,58,66)(H,59,70)(H,60,64)(H,61,68,69)/t40-,41+,42+,45?,51+,52+,53-,54-/m0/s1. The number of amides is 7. The van der Waals surface area contributed by atoms with Crippen LogP contribution in [0.3, 0.4) is 0 Å². The molecule has 0 aliphatic heterocycles. The van der Waals surface area contributed by atoms with Crippen molar-refractivity contribution < 1.29 is 48.5 Å². The molecule has 4 aliphatic rings. The number of phenolic OH excluding ortho intramolecular Hbond substituents is 1. The van der Waals surface area contributed by atoms with E-state index < -0.39 is 64.7 Å². The molecule has 71 heavy (non-hydrogen) atoms. The molecule has 7 amide bonds. The molecule has 2 fully saturated rings. The summed E-state index contributed by atoms with van der Waals surface area (Å²) in [5.74, 6) is -2.74. The van der Waals surface area contributed by atoms with Crippen LogP contribution in [0.15, 0.2) is 60.7 Å². The van der Waals surface area contributed by atoms with Crippen LogP contribution in [0.5, 0.6) is 5.75 Å². The van der Waals surface area contributed by atoms with E-state index in [0.717, 1.165) is 61.6 Å². The molecule has 1 unspecified atom stereocenters. The highest BCUT2D eigenvalue weighted by atomic mass is 16.5. The van der Waals surface area contributed by atoms with E-state index in [9.17, 15) is 43.8 Å². The Bertz CT molecular complexity index is 2550. The zero-order chi connectivity index (χ0) is 51.5. The number of phenols is 1. The fourth-order valence-corrected chi connectivity index (χ4v) is 12.6. The van der Waals surface area contributed by atoms with Crippen molar-refractivity contribution in [2.24, 2.45) is 34.3 Å². The second kappa shape index (κ2) is 21.2. The van der Waals surface area contributed by atoms with E-state index in [0.29, 0.717) is 36.2 Å². The van der Waals surface area contributed by atoms with Crippen molar-refractivity contribution in [3.63, 3.8) is 0 Å². The summed E-state index contributed by atoms with van der Waals surface area (Å²) in [7, 11) is 0. The van der Waals surface area contributed by atoms with Crippen LogP contribution >= 0.6 is 0 Å². The number of ether oxygens (including phenoxy) is 1. The molecule has 0 bridgehead atoms. The molecule has 4 aliphatic carbocycles. The average Bonchev–Trinajstić information content (AvgIpc) is 3.33. The van der Waals surface area contributed by atoms with E-state index in [2.05, 4.69) is 45.7 Å². The summed E-state index contributed by atoms with van der Waals surface area (Å²) in [6, 6.07) is 15.5. The Hall–Kier alpha value is -6.33. The summed E-state index contributed by atoms with van der Waals surface area (Å²) in [6.45, 7) is 10.4. The third-order valence-electron chi connectivity index (χ3n) is 16.5. The van der Waals surface area contributed by atoms with Gasteiger partial charge in [-0.2, -0.15) is 0 Å². The van der Waals surface area contributed by atoms with Gasteiger partial charge in [-0.3, -0.25) is 34.1 Å². The van der Waals surface area contributed by atoms with Gasteiger partial charge in [0.15, 0.2) is 0 Å². The lowest BCUT2D eigenvalue weighted by molar-refractivity contribution is -0.150. The first kappa shape index (κ1) is 52.5. The van der Waals surface area contributed by atoms with Gasteiger partial charge in [0.1, 0.15) is 24.4 Å². The smallest absolute Gasteiger partial charge is 0.408 e. The number of carbonyl (C=O) groups excluding carboxylic acids is 7. The topological polar surface area (TPSA) is 267 Å². The molecule has 3 aromatic carbocycles. The lowest BCUT2D eigenvalue weighted by Gasteiger charge is -2.56. The van der Waals surface area contributed by atoms with Gasteiger partial charge in [-0.25, -0.2) is 4.79 Å². The second-order valence-electron chi connectivity index (χ2n) is 21.5. The number of aromatic hydroxyl groups is 1. The van der Waals surface area contributed by atoms with E-state index in [4.69, 9.17) is 10.5 Å². The molecule has 2 saturated carbocycles. The number of alkyl carbamates (subject to hydrolysis) is 1. The maximum atomic E-state index is 14.7. The first-order chi connectivity index (χ1) is 33.6. The van der Waals surface area contributed by atoms with Gasteiger partial charge in [-0.1, -0.05) is 78.6 Å². The number of nitrogens with one attached hydrogen (secondary N) is 6. The average molecular weight is 978 g/mol. The fraction of sp³-hybridized carbons (Fsp3) is 0.537. The van der Waals surface area contributed by atoms with Crippen LogP contribution in [0.1, 0.15) is 121 Å². The quantitative estimate of drug-likeness (QED) is 0.0901. The number of rotatable bonds is 15. The minimum Gasteiger partial charge on any atom is -0.508 e. The number of nitrogens with two attached hydrogens (primary N) is 1. The number of aryl methyl sites for hydroxylation is 2. The van der Waals surface area contributed by atoms with Gasteiger partial charge < -0.3 is 47.3 Å². The summed E-state index contributed by atoms with van der Waals surface area (Å²) in [5, 5.41) is 36.6. The van der Waals surface area contributed by atoms with Gasteiger partial charge in [-0.05, 0) is 144 Å². The van der Waals surface area contributed by atoms with Crippen molar-refractivity contribution in [3.05, 3.63) is 88.5 Å². The van der Waals surface area contributed by atoms with Crippen LogP contribution in [0.2, 0.25) is 0 Å². The number of aliphatic hydroxyl groups is 1. The van der Waals surface area contributed by atoms with Gasteiger partial charge >= 0.3 is 6.09 Å². The maximum absolute atomic E-state index is 14.7. The SMILES string of the molecule is CC(C)C(NC(=O)CN)C(=O)NCC(=O)Nc1ccc(COC(=O)N[C@@H](CO)C(=O)Nc2ccc3c(c2)[C@@]2(C)CCC[C@](C)(C(=O)NC(=O)[C@@]4(C)CCC[C@]5(C)c6cc(O)ccc6CC[C@@H]45)[C@@H]2CC3)cc1. The van der Waals surface area contributed by atoms with Gasteiger partial charge in [0.2, 0.25) is 35.4 Å². The molecule has 8 atom stereocenters. The third-order valence-corrected chi connectivity index (χ3v) is 16.5. The molecule has 0 spiro atoms. The molecular formula is C54H71N7O10. The fourth-order valence-electron chi connectivity index (χ4n) is 12.6. The zero-order valence-corrected chi connectivity index (χ0v) is 41.8. The summed E-state index contributed by atoms with van der Waals surface area (Å²) >= 11 is 0. The molecule has 0 radical (unpaired) electrons. The van der Waals surface area contributed by atoms with Crippen molar-refractivity contribution in [2.45, 2.75) is 135 Å². The normalized spacial score (nSPS) is 26.1. The Balaban J connectivity index is 0.928. The van der Waals surface area contributed by atoms with Gasteiger partial charge in [0.05, 0.1) is 30.5 Å². The van der Waals surface area contributed by atoms with Crippen molar-refractivity contribution in [1.29, 1.82) is 0 Å². The highest BCUT2D eigenvalue weighted by Crippen LogP contribution is 2.60. The molecule has 10 N–H and O–H groups in total. The molecule has 0 heterocycles. The number of benzene rings is 3. The number of imide groups is 1.